The Labute approximate surface area is 119 Å². The molecule has 0 aliphatic carbocycles. The van der Waals surface area contributed by atoms with E-state index in [2.05, 4.69) is 0 Å². The maximum absolute atomic E-state index is 11.5. The van der Waals surface area contributed by atoms with E-state index in [0.29, 0.717) is 17.4 Å². The van der Waals surface area contributed by atoms with Gasteiger partial charge in [0.25, 0.3) is 0 Å². The summed E-state index contributed by atoms with van der Waals surface area (Å²) in [4.78, 5) is 11.5. The van der Waals surface area contributed by atoms with Crippen molar-refractivity contribution in [1.82, 2.24) is 0 Å². The molecule has 0 aromatic heterocycles. The minimum Gasteiger partial charge on any atom is -0.482 e. The van der Waals surface area contributed by atoms with E-state index in [-0.39, 0.29) is 12.6 Å². The Bertz CT molecular complexity index is 441. The molecule has 0 amide bonds. The first kappa shape index (κ1) is 15.8. The van der Waals surface area contributed by atoms with Gasteiger partial charge < -0.3 is 14.0 Å². The van der Waals surface area contributed by atoms with Crippen LogP contribution in [0.5, 0.6) is 5.75 Å². The lowest BCUT2D eigenvalue weighted by Crippen LogP contribution is -2.38. The van der Waals surface area contributed by atoms with Gasteiger partial charge in [-0.3, -0.25) is 0 Å². The van der Waals surface area contributed by atoms with Crippen LogP contribution in [0.1, 0.15) is 5.56 Å². The number of aryl methyl sites for hydroxylation is 1. The van der Waals surface area contributed by atoms with E-state index in [1.54, 1.807) is 18.2 Å². The number of quaternary nitrogens is 1. The number of esters is 1. The molecule has 1 aromatic rings. The summed E-state index contributed by atoms with van der Waals surface area (Å²) in [5.74, 6) is 0.288. The number of carbonyl (C=O) groups is 1. The predicted molar refractivity (Wildman–Crippen MR) is 75.5 cm³/mol. The molecule has 106 valence electrons. The Kier molecular flexibility index (Phi) is 5.63. The van der Waals surface area contributed by atoms with Crippen LogP contribution < -0.4 is 4.74 Å². The molecule has 0 aliphatic rings. The van der Waals surface area contributed by atoms with Crippen LogP contribution in [0.25, 0.3) is 0 Å². The average molecular weight is 287 g/mol. The van der Waals surface area contributed by atoms with Crippen LogP contribution in [-0.2, 0) is 9.53 Å². The van der Waals surface area contributed by atoms with Crippen LogP contribution in [0.15, 0.2) is 18.2 Å². The van der Waals surface area contributed by atoms with Crippen molar-refractivity contribution in [2.45, 2.75) is 6.92 Å². The quantitative estimate of drug-likeness (QED) is 0.594. The average Bonchev–Trinajstić information content (AvgIpc) is 2.26. The van der Waals surface area contributed by atoms with E-state index in [0.717, 1.165) is 16.6 Å². The minimum absolute atomic E-state index is 0.0837. The molecular formula is C14H21ClNO3+. The summed E-state index contributed by atoms with van der Waals surface area (Å²) in [6.07, 6.45) is 0. The summed E-state index contributed by atoms with van der Waals surface area (Å²) in [5, 5.41) is 0.648. The normalized spacial score (nSPS) is 11.2. The van der Waals surface area contributed by atoms with E-state index in [1.165, 1.54) is 0 Å². The molecule has 0 fully saturated rings. The fourth-order valence-corrected chi connectivity index (χ4v) is 1.61. The van der Waals surface area contributed by atoms with Crippen LogP contribution in [-0.4, -0.2) is 51.4 Å². The van der Waals surface area contributed by atoms with Gasteiger partial charge in [-0.1, -0.05) is 11.6 Å². The highest BCUT2D eigenvalue weighted by atomic mass is 35.5. The molecule has 1 aromatic carbocycles. The fraction of sp³-hybridized carbons (Fsp3) is 0.500. The number of carbonyl (C=O) groups excluding carboxylic acids is 1. The van der Waals surface area contributed by atoms with Crippen LogP contribution >= 0.6 is 11.6 Å². The van der Waals surface area contributed by atoms with Crippen molar-refractivity contribution in [3.05, 3.63) is 28.8 Å². The molecular weight excluding hydrogens is 266 g/mol. The SMILES string of the molecule is Cc1cc(Cl)ccc1OCC(=O)OCC[N+](C)(C)C. The van der Waals surface area contributed by atoms with Crippen molar-refractivity contribution in [3.63, 3.8) is 0 Å². The van der Waals surface area contributed by atoms with Crippen LogP contribution in [0.3, 0.4) is 0 Å². The third-order valence-corrected chi connectivity index (χ3v) is 2.74. The number of nitrogens with zero attached hydrogens (tertiary/aromatic N) is 1. The summed E-state index contributed by atoms with van der Waals surface area (Å²) in [5.41, 5.74) is 0.895. The van der Waals surface area contributed by atoms with E-state index in [9.17, 15) is 4.79 Å². The van der Waals surface area contributed by atoms with Gasteiger partial charge in [-0.15, -0.1) is 0 Å². The molecule has 4 nitrogen and oxygen atoms in total. The minimum atomic E-state index is -0.359. The monoisotopic (exact) mass is 286 g/mol. The Hall–Kier alpha value is -1.26. The number of benzene rings is 1. The number of likely N-dealkylation sites (N-methyl/N-ethyl adjacent to an activating group) is 1. The topological polar surface area (TPSA) is 35.5 Å². The van der Waals surface area contributed by atoms with E-state index in [1.807, 2.05) is 28.1 Å². The second-order valence-corrected chi connectivity index (χ2v) is 5.87. The molecule has 5 heteroatoms. The molecule has 0 heterocycles. The molecule has 0 aliphatic heterocycles. The molecule has 0 N–H and O–H groups in total. The molecule has 1 rings (SSSR count). The molecule has 0 atom stereocenters. The zero-order valence-electron chi connectivity index (χ0n) is 11.9. The molecule has 0 radical (unpaired) electrons. The molecule has 0 spiro atoms. The van der Waals surface area contributed by atoms with Crippen molar-refractivity contribution >= 4 is 17.6 Å². The van der Waals surface area contributed by atoms with Crippen molar-refractivity contribution < 1.29 is 18.8 Å². The lowest BCUT2D eigenvalue weighted by atomic mass is 10.2. The van der Waals surface area contributed by atoms with Gasteiger partial charge in [0.1, 0.15) is 18.9 Å². The summed E-state index contributed by atoms with van der Waals surface area (Å²) in [7, 11) is 6.13. The Morgan fingerprint density at radius 2 is 2.00 bits per heavy atom. The maximum atomic E-state index is 11.5. The van der Waals surface area contributed by atoms with Crippen molar-refractivity contribution in [2.75, 3.05) is 40.9 Å². The highest BCUT2D eigenvalue weighted by Crippen LogP contribution is 2.21. The van der Waals surface area contributed by atoms with Gasteiger partial charge in [0.2, 0.25) is 0 Å². The van der Waals surface area contributed by atoms with Gasteiger partial charge in [-0.2, -0.15) is 0 Å². The van der Waals surface area contributed by atoms with E-state index < -0.39 is 0 Å². The number of ether oxygens (including phenoxy) is 2. The van der Waals surface area contributed by atoms with Gasteiger partial charge >= 0.3 is 5.97 Å². The third kappa shape index (κ3) is 6.45. The predicted octanol–water partition coefficient (Wildman–Crippen LogP) is 2.28. The lowest BCUT2D eigenvalue weighted by Gasteiger charge is -2.23. The zero-order chi connectivity index (χ0) is 14.5. The summed E-state index contributed by atoms with van der Waals surface area (Å²) in [6.45, 7) is 2.96. The Balaban J connectivity index is 2.34. The van der Waals surface area contributed by atoms with E-state index >= 15 is 0 Å². The number of hydrogen-bond acceptors (Lipinski definition) is 3. The van der Waals surface area contributed by atoms with Crippen molar-refractivity contribution in [1.29, 1.82) is 0 Å². The number of halogens is 1. The standard InChI is InChI=1S/C14H21ClNO3/c1-11-9-12(15)5-6-13(11)19-10-14(17)18-8-7-16(2,3)4/h5-6,9H,7-8,10H2,1-4H3/q+1. The first-order chi connectivity index (χ1) is 8.78. The zero-order valence-corrected chi connectivity index (χ0v) is 12.7. The van der Waals surface area contributed by atoms with Gasteiger partial charge in [0.15, 0.2) is 6.61 Å². The summed E-state index contributed by atoms with van der Waals surface area (Å²) < 4.78 is 11.3. The molecule has 0 saturated heterocycles. The molecule has 0 saturated carbocycles. The van der Waals surface area contributed by atoms with Gasteiger partial charge in [0, 0.05) is 5.02 Å². The van der Waals surface area contributed by atoms with Crippen LogP contribution in [0.4, 0.5) is 0 Å². The fourth-order valence-electron chi connectivity index (χ4n) is 1.39. The number of rotatable bonds is 6. The Morgan fingerprint density at radius 3 is 2.58 bits per heavy atom. The molecule has 0 unspecified atom stereocenters. The first-order valence-electron chi connectivity index (χ1n) is 6.13. The van der Waals surface area contributed by atoms with Gasteiger partial charge in [-0.05, 0) is 30.7 Å². The summed E-state index contributed by atoms with van der Waals surface area (Å²) in [6, 6.07) is 5.27. The van der Waals surface area contributed by atoms with Crippen molar-refractivity contribution in [3.8, 4) is 5.75 Å². The maximum Gasteiger partial charge on any atom is 0.344 e. The molecule has 19 heavy (non-hydrogen) atoms. The Morgan fingerprint density at radius 1 is 1.32 bits per heavy atom. The third-order valence-electron chi connectivity index (χ3n) is 2.51. The van der Waals surface area contributed by atoms with Gasteiger partial charge in [-0.25, -0.2) is 4.79 Å². The van der Waals surface area contributed by atoms with Gasteiger partial charge in [0.05, 0.1) is 21.1 Å². The lowest BCUT2D eigenvalue weighted by molar-refractivity contribution is -0.870. The number of hydrogen-bond donors (Lipinski definition) is 0. The van der Waals surface area contributed by atoms with Crippen LogP contribution in [0.2, 0.25) is 5.02 Å². The van der Waals surface area contributed by atoms with Crippen LogP contribution in [0, 0.1) is 6.92 Å². The highest BCUT2D eigenvalue weighted by molar-refractivity contribution is 6.30. The summed E-state index contributed by atoms with van der Waals surface area (Å²) >= 11 is 5.84. The second kappa shape index (κ2) is 6.78. The molecule has 0 bridgehead atoms. The van der Waals surface area contributed by atoms with Crippen molar-refractivity contribution in [2.24, 2.45) is 0 Å². The smallest absolute Gasteiger partial charge is 0.344 e. The second-order valence-electron chi connectivity index (χ2n) is 5.43. The first-order valence-corrected chi connectivity index (χ1v) is 6.51. The highest BCUT2D eigenvalue weighted by Gasteiger charge is 2.10. The largest absolute Gasteiger partial charge is 0.482 e. The van der Waals surface area contributed by atoms with E-state index in [4.69, 9.17) is 21.1 Å².